The van der Waals surface area contributed by atoms with Crippen LogP contribution in [0, 0.1) is 0 Å². The van der Waals surface area contributed by atoms with Crippen molar-refractivity contribution in [3.05, 3.63) is 39.6 Å². The number of hydrogen-bond acceptors (Lipinski definition) is 5. The highest BCUT2D eigenvalue weighted by Crippen LogP contribution is 2.33. The minimum absolute atomic E-state index is 0.0157. The lowest BCUT2D eigenvalue weighted by Crippen LogP contribution is -2.40. The zero-order valence-electron chi connectivity index (χ0n) is 15.4. The van der Waals surface area contributed by atoms with Gasteiger partial charge in [0.2, 0.25) is 5.91 Å². The van der Waals surface area contributed by atoms with Crippen molar-refractivity contribution in [2.45, 2.75) is 51.1 Å². The summed E-state index contributed by atoms with van der Waals surface area (Å²) in [7, 11) is 1.87. The van der Waals surface area contributed by atoms with Crippen molar-refractivity contribution in [3.8, 4) is 10.4 Å². The number of nitrogens with zero attached hydrogens (tertiary/aromatic N) is 3. The first-order valence-electron chi connectivity index (χ1n) is 9.41. The number of aromatic nitrogens is 2. The van der Waals surface area contributed by atoms with Crippen LogP contribution in [0.2, 0.25) is 0 Å². The Bertz CT molecular complexity index is 982. The average molecular weight is 402 g/mol. The van der Waals surface area contributed by atoms with Gasteiger partial charge in [0.25, 0.3) is 5.56 Å². The smallest absolute Gasteiger partial charge is 0.263 e. The van der Waals surface area contributed by atoms with Crippen LogP contribution in [-0.2, 0) is 11.3 Å². The van der Waals surface area contributed by atoms with Gasteiger partial charge in [0.1, 0.15) is 11.4 Å². The molecule has 3 aromatic heterocycles. The molecule has 0 saturated heterocycles. The SMILES string of the molecule is CN(C(=O)Cn1cnc2scc(-c3cccs3)c2c1=O)C1CCCCCC1. The largest absolute Gasteiger partial charge is 0.341 e. The zero-order valence-corrected chi connectivity index (χ0v) is 17.0. The van der Waals surface area contributed by atoms with Crippen molar-refractivity contribution >= 4 is 38.8 Å². The van der Waals surface area contributed by atoms with E-state index in [1.165, 1.54) is 47.9 Å². The van der Waals surface area contributed by atoms with Gasteiger partial charge in [-0.15, -0.1) is 22.7 Å². The number of carbonyl (C=O) groups excluding carboxylic acids is 1. The number of hydrogen-bond donors (Lipinski definition) is 0. The number of rotatable bonds is 4. The lowest BCUT2D eigenvalue weighted by molar-refractivity contribution is -0.132. The summed E-state index contributed by atoms with van der Waals surface area (Å²) in [5.41, 5.74) is 0.786. The van der Waals surface area contributed by atoms with E-state index in [4.69, 9.17) is 0 Å². The molecule has 1 saturated carbocycles. The van der Waals surface area contributed by atoms with Gasteiger partial charge in [-0.1, -0.05) is 31.7 Å². The molecule has 0 N–H and O–H groups in total. The van der Waals surface area contributed by atoms with Crippen LogP contribution in [0.25, 0.3) is 20.7 Å². The Morgan fingerprint density at radius 1 is 1.26 bits per heavy atom. The second kappa shape index (κ2) is 7.94. The number of carbonyl (C=O) groups is 1. The fourth-order valence-corrected chi connectivity index (χ4v) is 5.52. The molecule has 0 radical (unpaired) electrons. The second-order valence-electron chi connectivity index (χ2n) is 7.13. The molecule has 7 heteroatoms. The van der Waals surface area contributed by atoms with E-state index in [0.29, 0.717) is 5.39 Å². The van der Waals surface area contributed by atoms with Gasteiger partial charge in [-0.05, 0) is 24.3 Å². The first kappa shape index (κ1) is 18.4. The molecular weight excluding hydrogens is 378 g/mol. The summed E-state index contributed by atoms with van der Waals surface area (Å²) < 4.78 is 1.46. The molecule has 0 aromatic carbocycles. The van der Waals surface area contributed by atoms with Gasteiger partial charge in [0.15, 0.2) is 0 Å². The van der Waals surface area contributed by atoms with E-state index in [2.05, 4.69) is 4.98 Å². The van der Waals surface area contributed by atoms with Crippen LogP contribution in [0.4, 0.5) is 0 Å². The number of thiophene rings is 2. The molecule has 27 heavy (non-hydrogen) atoms. The third-order valence-corrected chi connectivity index (χ3v) is 7.21. The highest BCUT2D eigenvalue weighted by molar-refractivity contribution is 7.18. The van der Waals surface area contributed by atoms with E-state index >= 15 is 0 Å². The highest BCUT2D eigenvalue weighted by atomic mass is 32.1. The van der Waals surface area contributed by atoms with Crippen molar-refractivity contribution in [3.63, 3.8) is 0 Å². The van der Waals surface area contributed by atoms with Crippen molar-refractivity contribution in [2.24, 2.45) is 0 Å². The molecule has 0 bridgehead atoms. The Kier molecular flexibility index (Phi) is 5.41. The van der Waals surface area contributed by atoms with Crippen LogP contribution in [0.3, 0.4) is 0 Å². The van der Waals surface area contributed by atoms with Crippen molar-refractivity contribution in [2.75, 3.05) is 7.05 Å². The monoisotopic (exact) mass is 401 g/mol. The Morgan fingerprint density at radius 3 is 2.74 bits per heavy atom. The van der Waals surface area contributed by atoms with Crippen LogP contribution < -0.4 is 5.56 Å². The molecule has 3 aromatic rings. The van der Waals surface area contributed by atoms with Gasteiger partial charge in [0, 0.05) is 28.9 Å². The third kappa shape index (κ3) is 3.71. The molecule has 0 aliphatic heterocycles. The van der Waals surface area contributed by atoms with E-state index in [0.717, 1.165) is 28.1 Å². The molecule has 0 spiro atoms. The maximum atomic E-state index is 13.1. The summed E-state index contributed by atoms with van der Waals surface area (Å²) >= 11 is 3.08. The van der Waals surface area contributed by atoms with E-state index in [1.54, 1.807) is 11.3 Å². The summed E-state index contributed by atoms with van der Waals surface area (Å²) in [5.74, 6) is -0.0157. The molecular formula is C20H23N3O2S2. The molecule has 1 aliphatic carbocycles. The van der Waals surface area contributed by atoms with Crippen molar-refractivity contribution < 1.29 is 4.79 Å². The number of fused-ring (bicyclic) bond motifs is 1. The van der Waals surface area contributed by atoms with Gasteiger partial charge in [-0.3, -0.25) is 14.2 Å². The fraction of sp³-hybridized carbons (Fsp3) is 0.450. The zero-order chi connectivity index (χ0) is 18.8. The topological polar surface area (TPSA) is 55.2 Å². The number of amides is 1. The van der Waals surface area contributed by atoms with E-state index in [9.17, 15) is 9.59 Å². The summed E-state index contributed by atoms with van der Waals surface area (Å²) in [6.07, 6.45) is 8.48. The quantitative estimate of drug-likeness (QED) is 0.610. The van der Waals surface area contributed by atoms with Crippen LogP contribution in [0.15, 0.2) is 34.0 Å². The molecule has 3 heterocycles. The molecule has 1 aliphatic rings. The first-order chi connectivity index (χ1) is 13.1. The second-order valence-corrected chi connectivity index (χ2v) is 8.94. The molecule has 5 nitrogen and oxygen atoms in total. The Labute approximate surface area is 166 Å². The maximum absolute atomic E-state index is 13.1. The minimum Gasteiger partial charge on any atom is -0.341 e. The van der Waals surface area contributed by atoms with Gasteiger partial charge >= 0.3 is 0 Å². The Balaban J connectivity index is 1.60. The standard InChI is InChI=1S/C20H23N3O2S2/c1-22(14-7-4-2-3-5-8-14)17(24)11-23-13-21-19-18(20(23)25)15(12-27-19)16-9-6-10-26-16/h6,9-10,12-14H,2-5,7-8,11H2,1H3. The van der Waals surface area contributed by atoms with Gasteiger partial charge in [0.05, 0.1) is 11.7 Å². The predicted molar refractivity (Wildman–Crippen MR) is 111 cm³/mol. The average Bonchev–Trinajstić information content (AvgIpc) is 3.27. The highest BCUT2D eigenvalue weighted by Gasteiger charge is 2.22. The molecule has 1 fully saturated rings. The molecule has 0 atom stereocenters. The Morgan fingerprint density at radius 2 is 2.04 bits per heavy atom. The molecule has 0 unspecified atom stereocenters. The normalized spacial score (nSPS) is 15.7. The van der Waals surface area contributed by atoms with Gasteiger partial charge < -0.3 is 4.90 Å². The molecule has 1 amide bonds. The summed E-state index contributed by atoms with van der Waals surface area (Å²) in [6, 6.07) is 4.27. The van der Waals surface area contributed by atoms with Crippen LogP contribution >= 0.6 is 22.7 Å². The Hall–Kier alpha value is -1.99. The summed E-state index contributed by atoms with van der Waals surface area (Å²) in [6.45, 7) is 0.0501. The molecule has 142 valence electrons. The van der Waals surface area contributed by atoms with Gasteiger partial charge in [-0.25, -0.2) is 4.98 Å². The minimum atomic E-state index is -0.132. The number of likely N-dealkylation sites (N-methyl/N-ethyl adjacent to an activating group) is 1. The van der Waals surface area contributed by atoms with E-state index in [-0.39, 0.29) is 24.1 Å². The van der Waals surface area contributed by atoms with Crippen molar-refractivity contribution in [1.29, 1.82) is 0 Å². The fourth-order valence-electron chi connectivity index (χ4n) is 3.80. The third-order valence-electron chi connectivity index (χ3n) is 5.42. The predicted octanol–water partition coefficient (Wildman–Crippen LogP) is 4.37. The maximum Gasteiger partial charge on any atom is 0.263 e. The first-order valence-corrected chi connectivity index (χ1v) is 11.2. The van der Waals surface area contributed by atoms with E-state index < -0.39 is 0 Å². The van der Waals surface area contributed by atoms with Crippen LogP contribution in [0.5, 0.6) is 0 Å². The van der Waals surface area contributed by atoms with Crippen LogP contribution in [0.1, 0.15) is 38.5 Å². The van der Waals surface area contributed by atoms with Crippen LogP contribution in [-0.4, -0.2) is 33.4 Å². The lowest BCUT2D eigenvalue weighted by Gasteiger charge is -2.27. The summed E-state index contributed by atoms with van der Waals surface area (Å²) in [4.78, 5) is 33.9. The van der Waals surface area contributed by atoms with Crippen molar-refractivity contribution in [1.82, 2.24) is 14.5 Å². The lowest BCUT2D eigenvalue weighted by atomic mass is 10.1. The van der Waals surface area contributed by atoms with E-state index in [1.807, 2.05) is 34.8 Å². The molecule has 4 rings (SSSR count). The summed E-state index contributed by atoms with van der Waals surface area (Å²) in [5, 5.41) is 4.60. The van der Waals surface area contributed by atoms with Gasteiger partial charge in [-0.2, -0.15) is 0 Å².